The maximum Gasteiger partial charge on any atom is 0.418 e. The Morgan fingerprint density at radius 1 is 1.21 bits per heavy atom. The zero-order valence-corrected chi connectivity index (χ0v) is 15.0. The summed E-state index contributed by atoms with van der Waals surface area (Å²) in [5.74, 6) is 0.660. The molecule has 0 saturated heterocycles. The van der Waals surface area contributed by atoms with Crippen LogP contribution in [0.25, 0.3) is 5.69 Å². The molecular formula is C19H12F3N3O2S. The van der Waals surface area contributed by atoms with E-state index in [0.717, 1.165) is 29.6 Å². The van der Waals surface area contributed by atoms with Crippen LogP contribution in [0, 0.1) is 11.3 Å². The van der Waals surface area contributed by atoms with Crippen LogP contribution in [0.1, 0.15) is 16.7 Å². The Labute approximate surface area is 161 Å². The van der Waals surface area contributed by atoms with Gasteiger partial charge in [0.15, 0.2) is 5.56 Å². The Balaban J connectivity index is 1.78. The van der Waals surface area contributed by atoms with E-state index >= 15 is 0 Å². The van der Waals surface area contributed by atoms with E-state index in [1.165, 1.54) is 22.2 Å². The molecule has 5 nitrogen and oxygen atoms in total. The largest absolute Gasteiger partial charge is 0.493 e. The normalized spacial score (nSPS) is 12.9. The number of hydrogen-bond acceptors (Lipinski definition) is 5. The standard InChI is InChI=1S/C19H12F3N3O2S/c20-19(21,22)14-3-1-2-4-15(14)24-17-13(10-23)18(26)25(28-17)12-6-5-11-7-8-27-16(11)9-12/h1-6,9,24H,7-8H2. The third kappa shape index (κ3) is 3.12. The van der Waals surface area contributed by atoms with Crippen molar-refractivity contribution in [1.29, 1.82) is 5.26 Å². The number of aromatic nitrogens is 1. The monoisotopic (exact) mass is 403 g/mol. The lowest BCUT2D eigenvalue weighted by molar-refractivity contribution is -0.136. The molecule has 3 aromatic rings. The van der Waals surface area contributed by atoms with Crippen molar-refractivity contribution in [1.82, 2.24) is 3.96 Å². The first kappa shape index (κ1) is 18.1. The van der Waals surface area contributed by atoms with E-state index in [9.17, 15) is 23.2 Å². The number of anilines is 2. The Morgan fingerprint density at radius 2 is 2.00 bits per heavy atom. The number of benzene rings is 2. The van der Waals surface area contributed by atoms with Crippen molar-refractivity contribution in [2.45, 2.75) is 12.6 Å². The van der Waals surface area contributed by atoms with Gasteiger partial charge in [0.1, 0.15) is 16.8 Å². The highest BCUT2D eigenvalue weighted by Gasteiger charge is 2.33. The van der Waals surface area contributed by atoms with E-state index in [1.54, 1.807) is 18.2 Å². The lowest BCUT2D eigenvalue weighted by atomic mass is 10.1. The molecule has 0 unspecified atom stereocenters. The van der Waals surface area contributed by atoms with Crippen molar-refractivity contribution >= 4 is 22.2 Å². The van der Waals surface area contributed by atoms with Crippen LogP contribution < -0.4 is 15.6 Å². The topological polar surface area (TPSA) is 67.1 Å². The fourth-order valence-electron chi connectivity index (χ4n) is 2.97. The molecule has 2 heterocycles. The van der Waals surface area contributed by atoms with Crippen LogP contribution in [0.15, 0.2) is 47.3 Å². The second-order valence-electron chi connectivity index (χ2n) is 6.07. The summed E-state index contributed by atoms with van der Waals surface area (Å²) in [6.07, 6.45) is -3.79. The fraction of sp³-hybridized carbons (Fsp3) is 0.158. The molecule has 0 atom stereocenters. The number of ether oxygens (including phenoxy) is 1. The summed E-state index contributed by atoms with van der Waals surface area (Å²) in [4.78, 5) is 12.6. The molecule has 0 amide bonds. The molecule has 142 valence electrons. The molecule has 4 rings (SSSR count). The predicted octanol–water partition coefficient (Wildman–Crippen LogP) is 4.47. The molecule has 1 N–H and O–H groups in total. The number of nitrogens with zero attached hydrogens (tertiary/aromatic N) is 2. The van der Waals surface area contributed by atoms with Crippen LogP contribution in [-0.4, -0.2) is 10.6 Å². The maximum absolute atomic E-state index is 13.2. The van der Waals surface area contributed by atoms with Crippen LogP contribution in [0.5, 0.6) is 5.75 Å². The number of fused-ring (bicyclic) bond motifs is 1. The van der Waals surface area contributed by atoms with Crippen LogP contribution in [0.3, 0.4) is 0 Å². The number of hydrogen-bond donors (Lipinski definition) is 1. The maximum atomic E-state index is 13.2. The van der Waals surface area contributed by atoms with Gasteiger partial charge in [-0.15, -0.1) is 0 Å². The van der Waals surface area contributed by atoms with E-state index < -0.39 is 17.3 Å². The van der Waals surface area contributed by atoms with E-state index in [-0.39, 0.29) is 16.3 Å². The van der Waals surface area contributed by atoms with Crippen molar-refractivity contribution in [2.24, 2.45) is 0 Å². The molecule has 9 heteroatoms. The fourth-order valence-corrected chi connectivity index (χ4v) is 3.93. The molecule has 1 aliphatic rings. The SMILES string of the molecule is N#Cc1c(Nc2ccccc2C(F)(F)F)sn(-c2ccc3c(c2)OCC3)c1=O. The number of nitriles is 1. The smallest absolute Gasteiger partial charge is 0.418 e. The summed E-state index contributed by atoms with van der Waals surface area (Å²) in [5, 5.41) is 12.0. The average molecular weight is 403 g/mol. The van der Waals surface area contributed by atoms with Crippen LogP contribution in [0.2, 0.25) is 0 Å². The molecule has 0 aliphatic carbocycles. The van der Waals surface area contributed by atoms with E-state index in [0.29, 0.717) is 18.0 Å². The van der Waals surface area contributed by atoms with Crippen molar-refractivity contribution in [3.05, 3.63) is 69.5 Å². The zero-order chi connectivity index (χ0) is 19.9. The van der Waals surface area contributed by atoms with Crippen molar-refractivity contribution < 1.29 is 17.9 Å². The third-order valence-electron chi connectivity index (χ3n) is 4.31. The Hall–Kier alpha value is -3.25. The van der Waals surface area contributed by atoms with Crippen LogP contribution in [0.4, 0.5) is 23.9 Å². The minimum absolute atomic E-state index is 0.0469. The predicted molar refractivity (Wildman–Crippen MR) is 98.6 cm³/mol. The Kier molecular flexibility index (Phi) is 4.35. The van der Waals surface area contributed by atoms with Crippen LogP contribution in [-0.2, 0) is 12.6 Å². The molecule has 0 saturated carbocycles. The minimum atomic E-state index is -4.57. The van der Waals surface area contributed by atoms with Gasteiger partial charge in [-0.1, -0.05) is 18.2 Å². The molecular weight excluding hydrogens is 391 g/mol. The molecule has 2 aromatic carbocycles. The van der Waals surface area contributed by atoms with E-state index in [1.807, 2.05) is 6.07 Å². The van der Waals surface area contributed by atoms with Gasteiger partial charge in [0.25, 0.3) is 5.56 Å². The second kappa shape index (κ2) is 6.73. The number of rotatable bonds is 3. The Morgan fingerprint density at radius 3 is 2.75 bits per heavy atom. The average Bonchev–Trinajstić information content (AvgIpc) is 3.24. The summed E-state index contributed by atoms with van der Waals surface area (Å²) in [5.41, 5.74) is -0.439. The number of alkyl halides is 3. The second-order valence-corrected chi connectivity index (χ2v) is 7.02. The first-order valence-electron chi connectivity index (χ1n) is 8.24. The number of para-hydroxylation sites is 1. The molecule has 28 heavy (non-hydrogen) atoms. The highest BCUT2D eigenvalue weighted by atomic mass is 32.1. The van der Waals surface area contributed by atoms with Gasteiger partial charge in [-0.25, -0.2) is 3.96 Å². The Bertz CT molecular complexity index is 1160. The molecule has 1 aromatic heterocycles. The summed E-state index contributed by atoms with van der Waals surface area (Å²) in [7, 11) is 0. The van der Waals surface area contributed by atoms with Gasteiger partial charge < -0.3 is 10.1 Å². The minimum Gasteiger partial charge on any atom is -0.493 e. The molecule has 0 bridgehead atoms. The first-order chi connectivity index (χ1) is 13.4. The first-order valence-corrected chi connectivity index (χ1v) is 9.01. The summed E-state index contributed by atoms with van der Waals surface area (Å²) in [6.45, 7) is 0.558. The highest BCUT2D eigenvalue weighted by molar-refractivity contribution is 7.11. The van der Waals surface area contributed by atoms with Gasteiger partial charge in [0, 0.05) is 12.5 Å². The van der Waals surface area contributed by atoms with Crippen molar-refractivity contribution in [3.63, 3.8) is 0 Å². The summed E-state index contributed by atoms with van der Waals surface area (Å²) in [6, 6.07) is 11.9. The molecule has 0 spiro atoms. The summed E-state index contributed by atoms with van der Waals surface area (Å²) < 4.78 is 46.4. The van der Waals surface area contributed by atoms with Crippen LogP contribution >= 0.6 is 11.5 Å². The summed E-state index contributed by atoms with van der Waals surface area (Å²) >= 11 is 0.871. The lowest BCUT2D eigenvalue weighted by Gasteiger charge is -2.13. The zero-order valence-electron chi connectivity index (χ0n) is 14.2. The van der Waals surface area contributed by atoms with Gasteiger partial charge in [-0.3, -0.25) is 4.79 Å². The van der Waals surface area contributed by atoms with Gasteiger partial charge in [-0.05, 0) is 35.3 Å². The van der Waals surface area contributed by atoms with Gasteiger partial charge >= 0.3 is 6.18 Å². The molecule has 0 radical (unpaired) electrons. The van der Waals surface area contributed by atoms with E-state index in [4.69, 9.17) is 4.74 Å². The number of nitrogens with one attached hydrogen (secondary N) is 1. The lowest BCUT2D eigenvalue weighted by Crippen LogP contribution is -2.13. The van der Waals surface area contributed by atoms with Gasteiger partial charge in [0.2, 0.25) is 0 Å². The van der Waals surface area contributed by atoms with E-state index in [2.05, 4.69) is 5.32 Å². The molecule has 1 aliphatic heterocycles. The van der Waals surface area contributed by atoms with Gasteiger partial charge in [0.05, 0.1) is 23.5 Å². The van der Waals surface area contributed by atoms with Crippen molar-refractivity contribution in [3.8, 4) is 17.5 Å². The van der Waals surface area contributed by atoms with Crippen molar-refractivity contribution in [2.75, 3.05) is 11.9 Å². The molecule has 0 fully saturated rings. The third-order valence-corrected chi connectivity index (χ3v) is 5.36. The quantitative estimate of drug-likeness (QED) is 0.701. The highest BCUT2D eigenvalue weighted by Crippen LogP contribution is 2.37. The van der Waals surface area contributed by atoms with Gasteiger partial charge in [-0.2, -0.15) is 18.4 Å². The number of halogens is 3.